The Balaban J connectivity index is 1.71. The first-order chi connectivity index (χ1) is 19.9. The zero-order valence-corrected chi connectivity index (χ0v) is 24.7. The molecule has 0 saturated carbocycles. The molecule has 0 heterocycles. The Morgan fingerprint density at radius 1 is 0.707 bits per heavy atom. The van der Waals surface area contributed by atoms with Gasteiger partial charge in [-0.15, -0.1) is 0 Å². The molecule has 0 saturated heterocycles. The summed E-state index contributed by atoms with van der Waals surface area (Å²) in [5.41, 5.74) is 3.23. The highest BCUT2D eigenvalue weighted by Gasteiger charge is 2.27. The molecule has 4 nitrogen and oxygen atoms in total. The van der Waals surface area contributed by atoms with Gasteiger partial charge in [-0.3, -0.25) is 4.72 Å². The Labute approximate surface area is 244 Å². The third-order valence-electron chi connectivity index (χ3n) is 6.79. The summed E-state index contributed by atoms with van der Waals surface area (Å²) in [7, 11) is -3.18. The van der Waals surface area contributed by atoms with E-state index in [-0.39, 0.29) is 10.6 Å². The molecule has 1 N–H and O–H groups in total. The smallest absolute Gasteiger partial charge is 0.261 e. The Bertz CT molecular complexity index is 1650. The molecule has 5 aromatic carbocycles. The van der Waals surface area contributed by atoms with E-state index in [0.29, 0.717) is 5.70 Å². The molecule has 0 aliphatic carbocycles. The zero-order valence-electron chi connectivity index (χ0n) is 23.0. The van der Waals surface area contributed by atoms with E-state index in [4.69, 9.17) is 4.74 Å². The van der Waals surface area contributed by atoms with Crippen molar-refractivity contribution in [3.8, 4) is 5.75 Å². The van der Waals surface area contributed by atoms with E-state index in [2.05, 4.69) is 71.5 Å². The van der Waals surface area contributed by atoms with Gasteiger partial charge in [0.25, 0.3) is 10.0 Å². The number of rotatable bonds is 10. The van der Waals surface area contributed by atoms with E-state index >= 15 is 0 Å². The molecular weight excluding hydrogens is 545 g/mol. The van der Waals surface area contributed by atoms with Crippen molar-refractivity contribution >= 4 is 34.3 Å². The van der Waals surface area contributed by atoms with Crippen molar-refractivity contribution < 1.29 is 13.2 Å². The fourth-order valence-electron chi connectivity index (χ4n) is 4.65. The number of hydrogen-bond acceptors (Lipinski definition) is 3. The molecule has 0 spiro atoms. The average Bonchev–Trinajstić information content (AvgIpc) is 3.02. The van der Waals surface area contributed by atoms with Gasteiger partial charge in [0, 0.05) is 5.66 Å². The van der Waals surface area contributed by atoms with Gasteiger partial charge < -0.3 is 4.74 Å². The lowest BCUT2D eigenvalue weighted by atomic mass is 10.1. The van der Waals surface area contributed by atoms with Crippen molar-refractivity contribution in [3.63, 3.8) is 0 Å². The molecule has 5 rings (SSSR count). The molecule has 206 valence electrons. The zero-order chi connectivity index (χ0) is 28.7. The van der Waals surface area contributed by atoms with Crippen molar-refractivity contribution in [3.05, 3.63) is 162 Å². The van der Waals surface area contributed by atoms with Crippen LogP contribution in [0.5, 0.6) is 5.75 Å². The van der Waals surface area contributed by atoms with Crippen molar-refractivity contribution in [2.45, 2.75) is 17.5 Å². The van der Waals surface area contributed by atoms with Gasteiger partial charge in [0.2, 0.25) is 0 Å². The van der Waals surface area contributed by atoms with Gasteiger partial charge >= 0.3 is 0 Å². The Hall–Kier alpha value is -4.18. The average molecular weight is 578 g/mol. The molecule has 6 heteroatoms. The molecule has 5 aromatic rings. The van der Waals surface area contributed by atoms with Gasteiger partial charge in [-0.25, -0.2) is 8.42 Å². The van der Waals surface area contributed by atoms with Crippen LogP contribution in [0.2, 0.25) is 0 Å². The molecule has 0 amide bonds. The lowest BCUT2D eigenvalue weighted by Crippen LogP contribution is -2.24. The van der Waals surface area contributed by atoms with E-state index in [1.165, 1.54) is 10.6 Å². The van der Waals surface area contributed by atoms with Crippen LogP contribution in [0.15, 0.2) is 150 Å². The van der Waals surface area contributed by atoms with Gasteiger partial charge in [0.05, 0.1) is 17.7 Å². The summed E-state index contributed by atoms with van der Waals surface area (Å²) in [4.78, 5) is 0.222. The summed E-state index contributed by atoms with van der Waals surface area (Å²) in [6.07, 6.45) is 2.08. The SMILES string of the molecule is COc1ccc([C@@H](/C=C(\NS(=O)(=O)c2ccc(C)cc2)c2ccccc2)P(c2ccccc2)c2ccccc2)cc1. The predicted octanol–water partition coefficient (Wildman–Crippen LogP) is 7.20. The van der Waals surface area contributed by atoms with Crippen LogP contribution in [0.3, 0.4) is 0 Å². The summed E-state index contributed by atoms with van der Waals surface area (Å²) in [6.45, 7) is 1.94. The Morgan fingerprint density at radius 2 is 1.22 bits per heavy atom. The number of sulfonamides is 1. The number of nitrogens with one attached hydrogen (secondary N) is 1. The minimum Gasteiger partial charge on any atom is -0.497 e. The Kier molecular flexibility index (Phi) is 8.98. The van der Waals surface area contributed by atoms with Crippen LogP contribution >= 0.6 is 7.92 Å². The van der Waals surface area contributed by atoms with Gasteiger partial charge in [0.15, 0.2) is 0 Å². The van der Waals surface area contributed by atoms with Crippen molar-refractivity contribution in [1.82, 2.24) is 4.72 Å². The number of hydrogen-bond donors (Lipinski definition) is 1. The normalized spacial score (nSPS) is 12.6. The third kappa shape index (κ3) is 6.94. The molecule has 0 bridgehead atoms. The van der Waals surface area contributed by atoms with Gasteiger partial charge in [-0.2, -0.15) is 0 Å². The maximum Gasteiger partial charge on any atom is 0.261 e. The number of methoxy groups -OCH3 is 1. The Morgan fingerprint density at radius 3 is 1.73 bits per heavy atom. The maximum absolute atomic E-state index is 13.7. The lowest BCUT2D eigenvalue weighted by molar-refractivity contribution is 0.414. The standard InChI is InChI=1S/C35H32NO3PS/c1-27-18-24-33(25-19-27)41(37,38)36-34(28-12-6-3-7-13-28)26-35(29-20-22-30(39-2)23-21-29)40(31-14-8-4-9-15-31)32-16-10-5-11-17-32/h3-26,35-36H,1-2H3/b34-26-/t35-/m1/s1. The quantitative estimate of drug-likeness (QED) is 0.179. The second-order valence-electron chi connectivity index (χ2n) is 9.62. The molecule has 0 unspecified atom stereocenters. The highest BCUT2D eigenvalue weighted by molar-refractivity contribution is 7.89. The van der Waals surface area contributed by atoms with Crippen LogP contribution in [-0.2, 0) is 10.0 Å². The summed E-state index contributed by atoms with van der Waals surface area (Å²) in [5.74, 6) is 0.767. The summed E-state index contributed by atoms with van der Waals surface area (Å²) >= 11 is 0. The molecule has 0 aliphatic rings. The van der Waals surface area contributed by atoms with Crippen LogP contribution in [-0.4, -0.2) is 15.5 Å². The maximum atomic E-state index is 13.7. The van der Waals surface area contributed by atoms with E-state index in [0.717, 1.165) is 22.4 Å². The molecule has 41 heavy (non-hydrogen) atoms. The minimum atomic E-state index is -3.85. The predicted molar refractivity (Wildman–Crippen MR) is 171 cm³/mol. The first-order valence-corrected chi connectivity index (χ1v) is 16.2. The van der Waals surface area contributed by atoms with Gasteiger partial charge in [0.1, 0.15) is 5.75 Å². The van der Waals surface area contributed by atoms with Crippen molar-refractivity contribution in [1.29, 1.82) is 0 Å². The molecule has 0 aromatic heterocycles. The van der Waals surface area contributed by atoms with Crippen molar-refractivity contribution in [2.75, 3.05) is 7.11 Å². The molecule has 1 atom stereocenters. The van der Waals surface area contributed by atoms with Crippen LogP contribution in [0.25, 0.3) is 5.70 Å². The van der Waals surface area contributed by atoms with Gasteiger partial charge in [-0.05, 0) is 66.9 Å². The second kappa shape index (κ2) is 13.0. The summed E-state index contributed by atoms with van der Waals surface area (Å²) in [6, 6.07) is 45.5. The van der Waals surface area contributed by atoms with E-state index in [1.807, 2.05) is 73.7 Å². The highest BCUT2D eigenvalue weighted by atomic mass is 32.2. The number of benzene rings is 5. The monoisotopic (exact) mass is 577 g/mol. The van der Waals surface area contributed by atoms with Crippen LogP contribution < -0.4 is 20.1 Å². The number of ether oxygens (including phenoxy) is 1. The van der Waals surface area contributed by atoms with Crippen LogP contribution in [0.4, 0.5) is 0 Å². The van der Waals surface area contributed by atoms with Crippen LogP contribution in [0, 0.1) is 6.92 Å². The highest BCUT2D eigenvalue weighted by Crippen LogP contribution is 2.51. The molecule has 0 fully saturated rings. The minimum absolute atomic E-state index is 0.156. The largest absolute Gasteiger partial charge is 0.497 e. The van der Waals surface area contributed by atoms with E-state index < -0.39 is 17.9 Å². The van der Waals surface area contributed by atoms with E-state index in [1.54, 1.807) is 19.2 Å². The first kappa shape index (κ1) is 28.4. The molecule has 0 radical (unpaired) electrons. The van der Waals surface area contributed by atoms with Gasteiger partial charge in [-0.1, -0.05) is 121 Å². The number of allylic oxidation sites excluding steroid dienone is 1. The fourth-order valence-corrected chi connectivity index (χ4v) is 8.44. The molecular formula is C35H32NO3PS. The number of aryl methyl sites for hydroxylation is 1. The molecule has 0 aliphatic heterocycles. The topological polar surface area (TPSA) is 55.4 Å². The summed E-state index contributed by atoms with van der Waals surface area (Å²) in [5, 5.41) is 2.39. The fraction of sp³-hybridized carbons (Fsp3) is 0.0857. The van der Waals surface area contributed by atoms with E-state index in [9.17, 15) is 8.42 Å². The third-order valence-corrected chi connectivity index (χ3v) is 10.9. The summed E-state index contributed by atoms with van der Waals surface area (Å²) < 4.78 is 35.7. The first-order valence-electron chi connectivity index (χ1n) is 13.3. The second-order valence-corrected chi connectivity index (χ2v) is 13.6. The van der Waals surface area contributed by atoms with Crippen molar-refractivity contribution in [2.24, 2.45) is 0 Å². The lowest BCUT2D eigenvalue weighted by Gasteiger charge is -2.28. The van der Waals surface area contributed by atoms with Crippen LogP contribution in [0.1, 0.15) is 22.3 Å².